The summed E-state index contributed by atoms with van der Waals surface area (Å²) in [5, 5.41) is 19.2. The van der Waals surface area contributed by atoms with Gasteiger partial charge in [-0.15, -0.1) is 0 Å². The second-order valence-electron chi connectivity index (χ2n) is 4.47. The summed E-state index contributed by atoms with van der Waals surface area (Å²) < 4.78 is 10.4. The van der Waals surface area contributed by atoms with Crippen LogP contribution < -0.4 is 4.90 Å². The third-order valence-corrected chi connectivity index (χ3v) is 2.98. The third kappa shape index (κ3) is 2.96. The second kappa shape index (κ2) is 5.03. The van der Waals surface area contributed by atoms with E-state index in [-0.39, 0.29) is 6.61 Å². The van der Waals surface area contributed by atoms with Gasteiger partial charge in [-0.1, -0.05) is 0 Å². The van der Waals surface area contributed by atoms with Crippen LogP contribution >= 0.6 is 0 Å². The molecular formula is C11H18N2O4. The summed E-state index contributed by atoms with van der Waals surface area (Å²) in [5.41, 5.74) is -0.258. The number of oxazole rings is 1. The number of hydrogen-bond acceptors (Lipinski definition) is 6. The van der Waals surface area contributed by atoms with Crippen LogP contribution in [0.3, 0.4) is 0 Å². The molecule has 0 atom stereocenters. The van der Waals surface area contributed by atoms with Gasteiger partial charge in [0.05, 0.1) is 18.8 Å². The van der Waals surface area contributed by atoms with E-state index in [1.165, 1.54) is 6.26 Å². The van der Waals surface area contributed by atoms with E-state index in [1.54, 1.807) is 11.9 Å². The van der Waals surface area contributed by atoms with Crippen molar-refractivity contribution >= 4 is 6.01 Å². The first kappa shape index (κ1) is 12.3. The molecule has 1 aliphatic rings. The fraction of sp³-hybridized carbons (Fsp3) is 0.727. The van der Waals surface area contributed by atoms with Crippen LogP contribution in [0.15, 0.2) is 10.7 Å². The van der Waals surface area contributed by atoms with Crippen LogP contribution in [-0.2, 0) is 11.3 Å². The van der Waals surface area contributed by atoms with Crippen molar-refractivity contribution in [1.82, 2.24) is 4.98 Å². The number of anilines is 1. The standard InChI is InChI=1S/C11H18N2O4/c1-13(10-12-9(6-14)7-17-10)8-11(15)2-4-16-5-3-11/h7,14-15H,2-6,8H2,1H3. The molecule has 0 aromatic carbocycles. The van der Waals surface area contributed by atoms with Crippen LogP contribution in [0.1, 0.15) is 18.5 Å². The van der Waals surface area contributed by atoms with Crippen molar-refractivity contribution in [3.05, 3.63) is 12.0 Å². The topological polar surface area (TPSA) is 79.0 Å². The van der Waals surface area contributed by atoms with Gasteiger partial charge in [-0.2, -0.15) is 4.98 Å². The molecule has 1 aromatic heterocycles. The van der Waals surface area contributed by atoms with E-state index in [9.17, 15) is 5.11 Å². The zero-order valence-electron chi connectivity index (χ0n) is 9.93. The maximum absolute atomic E-state index is 10.3. The third-order valence-electron chi connectivity index (χ3n) is 2.98. The van der Waals surface area contributed by atoms with Crippen LogP contribution in [-0.4, -0.2) is 47.6 Å². The Balaban J connectivity index is 1.97. The van der Waals surface area contributed by atoms with E-state index in [0.29, 0.717) is 44.3 Å². The number of nitrogens with zero attached hydrogens (tertiary/aromatic N) is 2. The van der Waals surface area contributed by atoms with Gasteiger partial charge in [-0.05, 0) is 0 Å². The number of ether oxygens (including phenoxy) is 1. The molecule has 1 fully saturated rings. The Morgan fingerprint density at radius 3 is 2.76 bits per heavy atom. The van der Waals surface area contributed by atoms with Crippen LogP contribution in [0.5, 0.6) is 0 Å². The summed E-state index contributed by atoms with van der Waals surface area (Å²) >= 11 is 0. The number of aliphatic hydroxyl groups excluding tert-OH is 1. The van der Waals surface area contributed by atoms with E-state index in [0.717, 1.165) is 0 Å². The molecule has 6 heteroatoms. The number of hydrogen-bond donors (Lipinski definition) is 2. The molecule has 1 aromatic rings. The van der Waals surface area contributed by atoms with E-state index in [1.807, 2.05) is 0 Å². The predicted molar refractivity (Wildman–Crippen MR) is 60.7 cm³/mol. The second-order valence-corrected chi connectivity index (χ2v) is 4.47. The van der Waals surface area contributed by atoms with Gasteiger partial charge in [-0.25, -0.2) is 0 Å². The predicted octanol–water partition coefficient (Wildman–Crippen LogP) is 0.145. The molecule has 96 valence electrons. The lowest BCUT2D eigenvalue weighted by molar-refractivity contribution is -0.0576. The van der Waals surface area contributed by atoms with Gasteiger partial charge >= 0.3 is 0 Å². The molecule has 0 saturated carbocycles. The monoisotopic (exact) mass is 242 g/mol. The number of aliphatic hydroxyl groups is 2. The van der Waals surface area contributed by atoms with Crippen molar-refractivity contribution in [2.24, 2.45) is 0 Å². The maximum Gasteiger partial charge on any atom is 0.297 e. The minimum atomic E-state index is -0.749. The molecule has 1 aliphatic heterocycles. The largest absolute Gasteiger partial charge is 0.432 e. The van der Waals surface area contributed by atoms with E-state index >= 15 is 0 Å². The lowest BCUT2D eigenvalue weighted by Gasteiger charge is -2.34. The minimum absolute atomic E-state index is 0.143. The Kier molecular flexibility index (Phi) is 3.66. The highest BCUT2D eigenvalue weighted by atomic mass is 16.5. The average molecular weight is 242 g/mol. The Bertz CT molecular complexity index is 360. The highest BCUT2D eigenvalue weighted by Gasteiger charge is 2.32. The lowest BCUT2D eigenvalue weighted by Crippen LogP contribution is -2.45. The Hall–Kier alpha value is -1.11. The molecule has 1 saturated heterocycles. The Morgan fingerprint density at radius 2 is 2.18 bits per heavy atom. The minimum Gasteiger partial charge on any atom is -0.432 e. The fourth-order valence-electron chi connectivity index (χ4n) is 1.96. The van der Waals surface area contributed by atoms with Gasteiger partial charge in [0.2, 0.25) is 0 Å². The number of aromatic nitrogens is 1. The molecule has 0 spiro atoms. The average Bonchev–Trinajstić information content (AvgIpc) is 2.78. The quantitative estimate of drug-likeness (QED) is 0.782. The highest BCUT2D eigenvalue weighted by Crippen LogP contribution is 2.23. The Labute approximate surface area is 99.8 Å². The first-order chi connectivity index (χ1) is 8.13. The van der Waals surface area contributed by atoms with Gasteiger partial charge in [0, 0.05) is 33.1 Å². The molecule has 0 radical (unpaired) electrons. The summed E-state index contributed by atoms with van der Waals surface area (Å²) in [7, 11) is 1.81. The van der Waals surface area contributed by atoms with Crippen molar-refractivity contribution < 1.29 is 19.4 Å². The van der Waals surface area contributed by atoms with Crippen LogP contribution in [0.4, 0.5) is 6.01 Å². The van der Waals surface area contributed by atoms with Gasteiger partial charge in [0.25, 0.3) is 6.01 Å². The van der Waals surface area contributed by atoms with Crippen molar-refractivity contribution in [1.29, 1.82) is 0 Å². The van der Waals surface area contributed by atoms with Crippen molar-refractivity contribution in [2.75, 3.05) is 31.7 Å². The maximum atomic E-state index is 10.3. The molecular weight excluding hydrogens is 224 g/mol. The van der Waals surface area contributed by atoms with Crippen LogP contribution in [0.2, 0.25) is 0 Å². The molecule has 0 amide bonds. The highest BCUT2D eigenvalue weighted by molar-refractivity contribution is 5.26. The summed E-state index contributed by atoms with van der Waals surface area (Å²) in [6, 6.07) is 0.411. The fourth-order valence-corrected chi connectivity index (χ4v) is 1.96. The molecule has 17 heavy (non-hydrogen) atoms. The van der Waals surface area contributed by atoms with E-state index in [2.05, 4.69) is 4.98 Å². The lowest BCUT2D eigenvalue weighted by atomic mass is 9.94. The normalized spacial score (nSPS) is 19.2. The molecule has 0 unspecified atom stereocenters. The molecule has 0 aliphatic carbocycles. The smallest absolute Gasteiger partial charge is 0.297 e. The van der Waals surface area contributed by atoms with Crippen LogP contribution in [0.25, 0.3) is 0 Å². The summed E-state index contributed by atoms with van der Waals surface area (Å²) in [4.78, 5) is 5.85. The first-order valence-corrected chi connectivity index (χ1v) is 5.69. The summed E-state index contributed by atoms with van der Waals surface area (Å²) in [6.07, 6.45) is 2.65. The van der Waals surface area contributed by atoms with Crippen LogP contribution in [0, 0.1) is 0 Å². The number of rotatable bonds is 4. The summed E-state index contributed by atoms with van der Waals surface area (Å²) in [5.74, 6) is 0. The molecule has 0 bridgehead atoms. The van der Waals surface area contributed by atoms with E-state index < -0.39 is 5.60 Å². The van der Waals surface area contributed by atoms with Crippen molar-refractivity contribution in [2.45, 2.75) is 25.0 Å². The molecule has 2 N–H and O–H groups in total. The molecule has 2 rings (SSSR count). The van der Waals surface area contributed by atoms with Gasteiger partial charge < -0.3 is 24.3 Å². The van der Waals surface area contributed by atoms with Gasteiger partial charge in [-0.3, -0.25) is 0 Å². The van der Waals surface area contributed by atoms with E-state index in [4.69, 9.17) is 14.3 Å². The molecule has 6 nitrogen and oxygen atoms in total. The molecule has 2 heterocycles. The first-order valence-electron chi connectivity index (χ1n) is 5.69. The zero-order valence-corrected chi connectivity index (χ0v) is 9.93. The van der Waals surface area contributed by atoms with Crippen molar-refractivity contribution in [3.63, 3.8) is 0 Å². The summed E-state index contributed by atoms with van der Waals surface area (Å²) in [6.45, 7) is 1.47. The van der Waals surface area contributed by atoms with Crippen molar-refractivity contribution in [3.8, 4) is 0 Å². The zero-order chi connectivity index (χ0) is 12.3. The SMILES string of the molecule is CN(CC1(O)CCOCC1)c1nc(CO)co1. The number of likely N-dealkylation sites (N-methyl/N-ethyl adjacent to an activating group) is 1. The van der Waals surface area contributed by atoms with Gasteiger partial charge in [0.1, 0.15) is 12.0 Å². The Morgan fingerprint density at radius 1 is 1.47 bits per heavy atom. The van der Waals surface area contributed by atoms with Gasteiger partial charge in [0.15, 0.2) is 0 Å².